The van der Waals surface area contributed by atoms with Crippen LogP contribution >= 0.6 is 0 Å². The average molecular weight is 272 g/mol. The van der Waals surface area contributed by atoms with Crippen LogP contribution in [-0.4, -0.2) is 41.1 Å². The highest BCUT2D eigenvalue weighted by Gasteiger charge is 2.20. The van der Waals surface area contributed by atoms with Gasteiger partial charge in [-0.2, -0.15) is 0 Å². The predicted octanol–water partition coefficient (Wildman–Crippen LogP) is 2.08. The molecule has 0 bridgehead atoms. The monoisotopic (exact) mass is 272 g/mol. The van der Waals surface area contributed by atoms with E-state index in [0.717, 1.165) is 17.4 Å². The lowest BCUT2D eigenvalue weighted by molar-refractivity contribution is 0.123. The maximum atomic E-state index is 5.94. The molecule has 0 amide bonds. The van der Waals surface area contributed by atoms with Crippen molar-refractivity contribution in [1.29, 1.82) is 0 Å². The zero-order valence-electron chi connectivity index (χ0n) is 11.7. The summed E-state index contributed by atoms with van der Waals surface area (Å²) >= 11 is 0. The Kier molecular flexibility index (Phi) is 3.69. The first-order chi connectivity index (χ1) is 9.74. The SMILES string of the molecule is CN1CCCCC1COc1ncnc2cc(N)ccc12. The maximum absolute atomic E-state index is 5.94. The Morgan fingerprint density at radius 2 is 2.25 bits per heavy atom. The summed E-state index contributed by atoms with van der Waals surface area (Å²) in [5.41, 5.74) is 7.30. The normalized spacial score (nSPS) is 20.1. The fourth-order valence-corrected chi connectivity index (χ4v) is 2.69. The Labute approximate surface area is 118 Å². The molecule has 3 rings (SSSR count). The summed E-state index contributed by atoms with van der Waals surface area (Å²) in [4.78, 5) is 10.9. The number of nitrogen functional groups attached to an aromatic ring is 1. The van der Waals surface area contributed by atoms with Gasteiger partial charge < -0.3 is 15.4 Å². The molecular formula is C15H20N4O. The van der Waals surface area contributed by atoms with Crippen LogP contribution in [0.5, 0.6) is 5.88 Å². The lowest BCUT2D eigenvalue weighted by Crippen LogP contribution is -2.40. The van der Waals surface area contributed by atoms with Crippen LogP contribution in [0.3, 0.4) is 0 Å². The van der Waals surface area contributed by atoms with Crippen molar-refractivity contribution < 1.29 is 4.74 Å². The Hall–Kier alpha value is -1.88. The van der Waals surface area contributed by atoms with Crippen molar-refractivity contribution in [2.24, 2.45) is 0 Å². The molecule has 0 spiro atoms. The van der Waals surface area contributed by atoms with Gasteiger partial charge in [0.15, 0.2) is 0 Å². The van der Waals surface area contributed by atoms with Gasteiger partial charge in [-0.05, 0) is 44.6 Å². The lowest BCUT2D eigenvalue weighted by Gasteiger charge is -2.32. The molecule has 1 saturated heterocycles. The Morgan fingerprint density at radius 1 is 1.35 bits per heavy atom. The Balaban J connectivity index is 1.77. The van der Waals surface area contributed by atoms with Crippen molar-refractivity contribution in [2.45, 2.75) is 25.3 Å². The van der Waals surface area contributed by atoms with Crippen LogP contribution in [0.15, 0.2) is 24.5 Å². The van der Waals surface area contributed by atoms with Gasteiger partial charge in [0, 0.05) is 11.7 Å². The number of nitrogens with two attached hydrogens (primary N) is 1. The molecule has 0 radical (unpaired) electrons. The van der Waals surface area contributed by atoms with Gasteiger partial charge in [0.25, 0.3) is 0 Å². The van der Waals surface area contributed by atoms with Crippen molar-refractivity contribution in [3.63, 3.8) is 0 Å². The minimum absolute atomic E-state index is 0.475. The number of piperidine rings is 1. The number of likely N-dealkylation sites (N-methyl/N-ethyl adjacent to an activating group) is 1. The largest absolute Gasteiger partial charge is 0.475 e. The molecule has 5 heteroatoms. The van der Waals surface area contributed by atoms with Crippen LogP contribution < -0.4 is 10.5 Å². The van der Waals surface area contributed by atoms with Crippen molar-refractivity contribution in [3.8, 4) is 5.88 Å². The number of fused-ring (bicyclic) bond motifs is 1. The second kappa shape index (κ2) is 5.63. The standard InChI is InChI=1S/C15H20N4O/c1-19-7-3-2-4-12(19)9-20-15-13-6-5-11(16)8-14(13)17-10-18-15/h5-6,8,10,12H,2-4,7,9,16H2,1H3. The number of benzene rings is 1. The number of ether oxygens (including phenoxy) is 1. The molecule has 1 fully saturated rings. The molecular weight excluding hydrogens is 252 g/mol. The van der Waals surface area contributed by atoms with Gasteiger partial charge in [-0.25, -0.2) is 9.97 Å². The van der Waals surface area contributed by atoms with Crippen LogP contribution in [0, 0.1) is 0 Å². The summed E-state index contributed by atoms with van der Waals surface area (Å²) in [7, 11) is 2.16. The number of nitrogens with zero attached hydrogens (tertiary/aromatic N) is 3. The summed E-state index contributed by atoms with van der Waals surface area (Å²) in [6.07, 6.45) is 5.27. The number of aromatic nitrogens is 2. The van der Waals surface area contributed by atoms with Crippen LogP contribution in [0.25, 0.3) is 10.9 Å². The smallest absolute Gasteiger partial charge is 0.224 e. The summed E-state index contributed by atoms with van der Waals surface area (Å²) in [6.45, 7) is 1.82. The zero-order chi connectivity index (χ0) is 13.9. The van der Waals surface area contributed by atoms with Gasteiger partial charge >= 0.3 is 0 Å². The molecule has 1 unspecified atom stereocenters. The Morgan fingerprint density at radius 3 is 3.10 bits per heavy atom. The molecule has 20 heavy (non-hydrogen) atoms. The molecule has 2 N–H and O–H groups in total. The number of hydrogen-bond donors (Lipinski definition) is 1. The maximum Gasteiger partial charge on any atom is 0.224 e. The quantitative estimate of drug-likeness (QED) is 0.867. The van der Waals surface area contributed by atoms with E-state index in [1.165, 1.54) is 25.6 Å². The molecule has 1 aromatic carbocycles. The first kappa shape index (κ1) is 13.1. The fourth-order valence-electron chi connectivity index (χ4n) is 2.69. The molecule has 1 aliphatic heterocycles. The number of hydrogen-bond acceptors (Lipinski definition) is 5. The minimum Gasteiger partial charge on any atom is -0.475 e. The molecule has 0 saturated carbocycles. The zero-order valence-corrected chi connectivity index (χ0v) is 11.7. The fraction of sp³-hybridized carbons (Fsp3) is 0.467. The predicted molar refractivity (Wildman–Crippen MR) is 79.7 cm³/mol. The molecule has 2 aromatic rings. The van der Waals surface area contributed by atoms with Crippen molar-refractivity contribution >= 4 is 16.6 Å². The van der Waals surface area contributed by atoms with E-state index in [4.69, 9.17) is 10.5 Å². The Bertz CT molecular complexity index is 601. The molecule has 0 aliphatic carbocycles. The van der Waals surface area contributed by atoms with E-state index in [-0.39, 0.29) is 0 Å². The van der Waals surface area contributed by atoms with E-state index in [2.05, 4.69) is 21.9 Å². The van der Waals surface area contributed by atoms with Crippen LogP contribution in [0.2, 0.25) is 0 Å². The lowest BCUT2D eigenvalue weighted by atomic mass is 10.0. The highest BCUT2D eigenvalue weighted by Crippen LogP contribution is 2.24. The van der Waals surface area contributed by atoms with E-state index in [9.17, 15) is 0 Å². The number of anilines is 1. The molecule has 106 valence electrons. The summed E-state index contributed by atoms with van der Waals surface area (Å²) in [5.74, 6) is 0.647. The van der Waals surface area contributed by atoms with E-state index < -0.39 is 0 Å². The second-order valence-corrected chi connectivity index (χ2v) is 5.40. The molecule has 2 heterocycles. The van der Waals surface area contributed by atoms with E-state index >= 15 is 0 Å². The summed E-state index contributed by atoms with van der Waals surface area (Å²) < 4.78 is 5.94. The van der Waals surface area contributed by atoms with Gasteiger partial charge in [-0.1, -0.05) is 6.42 Å². The van der Waals surface area contributed by atoms with Gasteiger partial charge in [0.2, 0.25) is 5.88 Å². The highest BCUT2D eigenvalue weighted by atomic mass is 16.5. The van der Waals surface area contributed by atoms with E-state index in [1.807, 2.05) is 18.2 Å². The summed E-state index contributed by atoms with van der Waals surface area (Å²) in [6, 6.07) is 6.09. The molecule has 1 atom stereocenters. The third kappa shape index (κ3) is 2.67. The first-order valence-electron chi connectivity index (χ1n) is 7.07. The molecule has 1 aromatic heterocycles. The van der Waals surface area contributed by atoms with Gasteiger partial charge in [-0.3, -0.25) is 0 Å². The van der Waals surface area contributed by atoms with Crippen LogP contribution in [0.1, 0.15) is 19.3 Å². The third-order valence-corrected chi connectivity index (χ3v) is 3.96. The molecule has 5 nitrogen and oxygen atoms in total. The molecule has 1 aliphatic rings. The van der Waals surface area contributed by atoms with Crippen molar-refractivity contribution in [2.75, 3.05) is 25.9 Å². The average Bonchev–Trinajstić information content (AvgIpc) is 2.46. The number of rotatable bonds is 3. The van der Waals surface area contributed by atoms with Gasteiger partial charge in [0.05, 0.1) is 10.9 Å². The van der Waals surface area contributed by atoms with E-state index in [1.54, 1.807) is 0 Å². The topological polar surface area (TPSA) is 64.3 Å². The number of likely N-dealkylation sites (tertiary alicyclic amines) is 1. The van der Waals surface area contributed by atoms with E-state index in [0.29, 0.717) is 24.2 Å². The first-order valence-corrected chi connectivity index (χ1v) is 7.07. The highest BCUT2D eigenvalue weighted by molar-refractivity contribution is 5.85. The van der Waals surface area contributed by atoms with Gasteiger partial charge in [0.1, 0.15) is 12.9 Å². The van der Waals surface area contributed by atoms with Crippen molar-refractivity contribution in [3.05, 3.63) is 24.5 Å². The second-order valence-electron chi connectivity index (χ2n) is 5.40. The third-order valence-electron chi connectivity index (χ3n) is 3.96. The minimum atomic E-state index is 0.475. The van der Waals surface area contributed by atoms with Gasteiger partial charge in [-0.15, -0.1) is 0 Å². The van der Waals surface area contributed by atoms with Crippen LogP contribution in [0.4, 0.5) is 5.69 Å². The van der Waals surface area contributed by atoms with Crippen molar-refractivity contribution in [1.82, 2.24) is 14.9 Å². The summed E-state index contributed by atoms with van der Waals surface area (Å²) in [5, 5.41) is 0.917. The van der Waals surface area contributed by atoms with Crippen LogP contribution in [-0.2, 0) is 0 Å².